The van der Waals surface area contributed by atoms with Crippen molar-refractivity contribution in [3.8, 4) is 5.75 Å². The van der Waals surface area contributed by atoms with Crippen LogP contribution in [-0.2, 0) is 16.7 Å². The van der Waals surface area contributed by atoms with Gasteiger partial charge in [-0.1, -0.05) is 6.07 Å². The molecule has 0 spiro atoms. The van der Waals surface area contributed by atoms with Crippen LogP contribution in [0.25, 0.3) is 11.0 Å². The second-order valence-electron chi connectivity index (χ2n) is 7.07. The van der Waals surface area contributed by atoms with Gasteiger partial charge in [-0.2, -0.15) is 8.42 Å². The topological polar surface area (TPSA) is 138 Å². The van der Waals surface area contributed by atoms with E-state index in [1.54, 1.807) is 24.4 Å². The molecule has 0 aliphatic heterocycles. The molecule has 4 N–H and O–H groups in total. The van der Waals surface area contributed by atoms with Gasteiger partial charge in [-0.25, -0.2) is 14.2 Å². The molecule has 0 atom stereocenters. The zero-order chi connectivity index (χ0) is 24.0. The molecule has 34 heavy (non-hydrogen) atoms. The number of carbonyl (C=O) groups excluding carboxylic acids is 1. The number of pyridine rings is 1. The predicted octanol–water partition coefficient (Wildman–Crippen LogP) is 3.43. The van der Waals surface area contributed by atoms with E-state index < -0.39 is 22.8 Å². The van der Waals surface area contributed by atoms with E-state index in [0.717, 1.165) is 0 Å². The zero-order valence-electron chi connectivity index (χ0n) is 17.8. The number of urea groups is 1. The number of alkyl halides is 1. The molecule has 0 saturated heterocycles. The van der Waals surface area contributed by atoms with Crippen LogP contribution in [0.3, 0.4) is 0 Å². The summed E-state index contributed by atoms with van der Waals surface area (Å²) in [7, 11) is -4.09. The molecule has 4 aromatic rings. The first kappa shape index (κ1) is 23.0. The van der Waals surface area contributed by atoms with Gasteiger partial charge >= 0.3 is 16.1 Å². The number of hydrogen-bond donors (Lipinski definition) is 4. The van der Waals surface area contributed by atoms with Crippen LogP contribution in [0.4, 0.5) is 20.8 Å². The monoisotopic (exact) mass is 484 g/mol. The molecule has 0 saturated carbocycles. The summed E-state index contributed by atoms with van der Waals surface area (Å²) in [4.78, 5) is 23.4. The summed E-state index contributed by atoms with van der Waals surface area (Å²) >= 11 is 0. The largest absolute Gasteiger partial charge is 0.382 e. The van der Waals surface area contributed by atoms with Crippen LogP contribution >= 0.6 is 0 Å². The Morgan fingerprint density at radius 2 is 1.91 bits per heavy atom. The second-order valence-corrected chi connectivity index (χ2v) is 8.62. The Hall–Kier alpha value is -4.19. The summed E-state index contributed by atoms with van der Waals surface area (Å²) in [6, 6.07) is 15.2. The number of halogens is 1. The number of aromatic nitrogens is 3. The standard InChI is InChI=1S/C22H21FN6O4S/c23-10-12-25-15-4-7-18(8-5-15)34(31,32)33-17-6-9-19-20(13-17)28-21(27-19)29-22(30)26-14-16-3-1-2-11-24-16/h1-9,11,13,25H,10,12,14H2,(H3,26,27,28,29,30). The second kappa shape index (κ2) is 10.2. The van der Waals surface area contributed by atoms with Gasteiger partial charge < -0.3 is 19.8 Å². The molecule has 10 nitrogen and oxygen atoms in total. The number of amides is 2. The van der Waals surface area contributed by atoms with E-state index >= 15 is 0 Å². The van der Waals surface area contributed by atoms with Gasteiger partial charge in [0, 0.05) is 24.5 Å². The summed E-state index contributed by atoms with van der Waals surface area (Å²) < 4.78 is 42.7. The average molecular weight is 485 g/mol. The lowest BCUT2D eigenvalue weighted by atomic mass is 10.3. The third kappa shape index (κ3) is 5.78. The minimum absolute atomic E-state index is 0.0464. The van der Waals surface area contributed by atoms with Crippen molar-refractivity contribution in [1.82, 2.24) is 20.3 Å². The molecular formula is C22H21FN6O4S. The van der Waals surface area contributed by atoms with Crippen molar-refractivity contribution in [3.05, 3.63) is 72.6 Å². The van der Waals surface area contributed by atoms with E-state index in [9.17, 15) is 17.6 Å². The molecule has 12 heteroatoms. The van der Waals surface area contributed by atoms with Crippen LogP contribution in [-0.4, -0.2) is 42.6 Å². The summed E-state index contributed by atoms with van der Waals surface area (Å²) in [6.07, 6.45) is 1.63. The van der Waals surface area contributed by atoms with Gasteiger partial charge in [0.1, 0.15) is 17.3 Å². The zero-order valence-corrected chi connectivity index (χ0v) is 18.6. The summed E-state index contributed by atoms with van der Waals surface area (Å²) in [5.74, 6) is 0.256. The molecule has 4 rings (SSSR count). The highest BCUT2D eigenvalue weighted by atomic mass is 32.2. The first-order valence-electron chi connectivity index (χ1n) is 10.2. The number of H-pyrrole nitrogens is 1. The van der Waals surface area contributed by atoms with Crippen molar-refractivity contribution in [3.63, 3.8) is 0 Å². The van der Waals surface area contributed by atoms with Crippen molar-refractivity contribution < 1.29 is 21.8 Å². The van der Waals surface area contributed by atoms with Gasteiger partial charge in [0.2, 0.25) is 5.95 Å². The molecule has 0 radical (unpaired) electrons. The van der Waals surface area contributed by atoms with Crippen LogP contribution in [0.5, 0.6) is 5.75 Å². The molecule has 2 aromatic heterocycles. The van der Waals surface area contributed by atoms with Gasteiger partial charge in [-0.3, -0.25) is 10.3 Å². The van der Waals surface area contributed by atoms with Crippen LogP contribution < -0.4 is 20.1 Å². The minimum Gasteiger partial charge on any atom is -0.382 e. The molecule has 2 amide bonds. The third-order valence-electron chi connectivity index (χ3n) is 4.61. The SMILES string of the molecule is O=C(NCc1ccccn1)Nc1nc2ccc(OS(=O)(=O)c3ccc(NCCF)cc3)cc2[nH]1. The molecular weight excluding hydrogens is 463 g/mol. The van der Waals surface area contributed by atoms with E-state index in [-0.39, 0.29) is 29.7 Å². The van der Waals surface area contributed by atoms with E-state index in [1.807, 2.05) is 6.07 Å². The maximum Gasteiger partial charge on any atom is 0.339 e. The van der Waals surface area contributed by atoms with Crippen molar-refractivity contribution in [2.75, 3.05) is 23.9 Å². The first-order valence-corrected chi connectivity index (χ1v) is 11.6. The fourth-order valence-electron chi connectivity index (χ4n) is 3.03. The number of imidazole rings is 1. The fourth-order valence-corrected chi connectivity index (χ4v) is 3.95. The van der Waals surface area contributed by atoms with Crippen LogP contribution in [0, 0.1) is 0 Å². The summed E-state index contributed by atoms with van der Waals surface area (Å²) in [5, 5.41) is 8.07. The number of hydrogen-bond acceptors (Lipinski definition) is 7. The number of aromatic amines is 1. The van der Waals surface area contributed by atoms with Gasteiger partial charge in [0.25, 0.3) is 0 Å². The third-order valence-corrected chi connectivity index (χ3v) is 5.88. The molecule has 2 heterocycles. The maximum atomic E-state index is 12.6. The Morgan fingerprint density at radius 3 is 2.65 bits per heavy atom. The molecule has 176 valence electrons. The van der Waals surface area contributed by atoms with Crippen molar-refractivity contribution in [1.29, 1.82) is 0 Å². The Kier molecular flexibility index (Phi) is 6.87. The van der Waals surface area contributed by atoms with E-state index in [0.29, 0.717) is 22.4 Å². The summed E-state index contributed by atoms with van der Waals surface area (Å²) in [6.45, 7) is -0.155. The molecule has 0 aliphatic rings. The van der Waals surface area contributed by atoms with Crippen molar-refractivity contribution >= 4 is 38.8 Å². The lowest BCUT2D eigenvalue weighted by molar-refractivity contribution is 0.251. The lowest BCUT2D eigenvalue weighted by Crippen LogP contribution is -2.28. The number of fused-ring (bicyclic) bond motifs is 1. The Balaban J connectivity index is 1.40. The molecule has 0 bridgehead atoms. The van der Waals surface area contributed by atoms with Crippen LogP contribution in [0.1, 0.15) is 5.69 Å². The maximum absolute atomic E-state index is 12.6. The van der Waals surface area contributed by atoms with E-state index in [2.05, 4.69) is 30.9 Å². The van der Waals surface area contributed by atoms with Gasteiger partial charge in [-0.15, -0.1) is 0 Å². The Labute approximate surface area is 194 Å². The van der Waals surface area contributed by atoms with Gasteiger partial charge in [0.05, 0.1) is 23.3 Å². The number of nitrogens with zero attached hydrogens (tertiary/aromatic N) is 2. The molecule has 2 aromatic carbocycles. The van der Waals surface area contributed by atoms with Crippen LogP contribution in [0.2, 0.25) is 0 Å². The Bertz CT molecular complexity index is 1380. The minimum atomic E-state index is -4.09. The highest BCUT2D eigenvalue weighted by molar-refractivity contribution is 7.87. The average Bonchev–Trinajstić information content (AvgIpc) is 3.23. The van der Waals surface area contributed by atoms with Gasteiger partial charge in [0.15, 0.2) is 0 Å². The number of rotatable bonds is 9. The highest BCUT2D eigenvalue weighted by Gasteiger charge is 2.17. The van der Waals surface area contributed by atoms with E-state index in [1.165, 1.54) is 36.4 Å². The molecule has 0 unspecified atom stereocenters. The van der Waals surface area contributed by atoms with Crippen molar-refractivity contribution in [2.24, 2.45) is 0 Å². The summed E-state index contributed by atoms with van der Waals surface area (Å²) in [5.41, 5.74) is 2.28. The quantitative estimate of drug-likeness (QED) is 0.267. The normalized spacial score (nSPS) is 11.2. The Morgan fingerprint density at radius 1 is 1.09 bits per heavy atom. The smallest absolute Gasteiger partial charge is 0.339 e. The fraction of sp³-hybridized carbons (Fsp3) is 0.136. The van der Waals surface area contributed by atoms with Crippen molar-refractivity contribution in [2.45, 2.75) is 11.4 Å². The number of nitrogens with one attached hydrogen (secondary N) is 4. The van der Waals surface area contributed by atoms with Crippen LogP contribution in [0.15, 0.2) is 71.8 Å². The number of anilines is 2. The van der Waals surface area contributed by atoms with Gasteiger partial charge in [-0.05, 0) is 48.5 Å². The predicted molar refractivity (Wildman–Crippen MR) is 125 cm³/mol. The first-order chi connectivity index (χ1) is 16.4. The molecule has 0 fully saturated rings. The van der Waals surface area contributed by atoms with E-state index in [4.69, 9.17) is 4.18 Å². The lowest BCUT2D eigenvalue weighted by Gasteiger charge is -2.08. The highest BCUT2D eigenvalue weighted by Crippen LogP contribution is 2.24. The number of carbonyl (C=O) groups is 1. The molecule has 0 aliphatic carbocycles. The number of benzene rings is 2.